The van der Waals surface area contributed by atoms with Crippen LogP contribution in [-0.4, -0.2) is 32.8 Å². The standard InChI is InChI=1S/C18H15ClN6O2/c1-11(24-18(26)13-5-14(19)7-15(6-13)27-2)17-22-10-23-25(17)16-4-3-12(8-20)9-21-16/h3-7,9-11H,1-2H3,(H,24,26). The molecule has 2 heterocycles. The average molecular weight is 383 g/mol. The number of carbonyl (C=O) groups is 1. The van der Waals surface area contributed by atoms with Gasteiger partial charge in [-0.15, -0.1) is 0 Å². The maximum absolute atomic E-state index is 12.6. The SMILES string of the molecule is COc1cc(Cl)cc(C(=O)NC(C)c2ncnn2-c2ccc(C#N)cn2)c1. The van der Waals surface area contributed by atoms with E-state index in [9.17, 15) is 4.79 Å². The van der Waals surface area contributed by atoms with E-state index in [1.807, 2.05) is 6.07 Å². The van der Waals surface area contributed by atoms with E-state index in [1.165, 1.54) is 24.3 Å². The molecule has 0 aliphatic heterocycles. The number of pyridine rings is 1. The second-order valence-electron chi connectivity index (χ2n) is 5.62. The molecule has 0 aliphatic carbocycles. The molecule has 136 valence electrons. The van der Waals surface area contributed by atoms with Gasteiger partial charge in [-0.05, 0) is 37.3 Å². The van der Waals surface area contributed by atoms with E-state index in [0.29, 0.717) is 33.5 Å². The van der Waals surface area contributed by atoms with Gasteiger partial charge in [0.15, 0.2) is 11.6 Å². The Morgan fingerprint density at radius 2 is 2.15 bits per heavy atom. The molecule has 0 radical (unpaired) electrons. The molecule has 1 aromatic carbocycles. The Balaban J connectivity index is 1.82. The second kappa shape index (κ2) is 7.85. The Hall–Kier alpha value is -3.44. The van der Waals surface area contributed by atoms with Gasteiger partial charge in [0.25, 0.3) is 5.91 Å². The maximum atomic E-state index is 12.6. The van der Waals surface area contributed by atoms with Gasteiger partial charge in [-0.1, -0.05) is 11.6 Å². The van der Waals surface area contributed by atoms with Crippen molar-refractivity contribution in [1.82, 2.24) is 25.1 Å². The molecule has 9 heteroatoms. The highest BCUT2D eigenvalue weighted by molar-refractivity contribution is 6.31. The van der Waals surface area contributed by atoms with Crippen molar-refractivity contribution in [2.24, 2.45) is 0 Å². The van der Waals surface area contributed by atoms with Crippen LogP contribution in [-0.2, 0) is 0 Å². The number of amides is 1. The summed E-state index contributed by atoms with van der Waals surface area (Å²) in [5.74, 6) is 1.15. The fourth-order valence-electron chi connectivity index (χ4n) is 2.46. The molecule has 0 spiro atoms. The minimum Gasteiger partial charge on any atom is -0.497 e. The third kappa shape index (κ3) is 4.04. The summed E-state index contributed by atoms with van der Waals surface area (Å²) < 4.78 is 6.64. The molecule has 8 nitrogen and oxygen atoms in total. The topological polar surface area (TPSA) is 106 Å². The van der Waals surface area contributed by atoms with E-state index in [4.69, 9.17) is 21.6 Å². The Bertz CT molecular complexity index is 1010. The van der Waals surface area contributed by atoms with Crippen LogP contribution >= 0.6 is 11.6 Å². The number of hydrogen-bond donors (Lipinski definition) is 1. The Morgan fingerprint density at radius 3 is 2.81 bits per heavy atom. The summed E-state index contributed by atoms with van der Waals surface area (Å²) in [6, 6.07) is 9.62. The second-order valence-corrected chi connectivity index (χ2v) is 6.06. The molecule has 1 amide bonds. The monoisotopic (exact) mass is 382 g/mol. The van der Waals surface area contributed by atoms with Crippen LogP contribution in [0.15, 0.2) is 42.9 Å². The lowest BCUT2D eigenvalue weighted by Gasteiger charge is -2.15. The van der Waals surface area contributed by atoms with Gasteiger partial charge in [-0.3, -0.25) is 4.79 Å². The molecule has 1 unspecified atom stereocenters. The fraction of sp³-hybridized carbons (Fsp3) is 0.167. The van der Waals surface area contributed by atoms with E-state index < -0.39 is 6.04 Å². The van der Waals surface area contributed by atoms with Gasteiger partial charge in [0.05, 0.1) is 18.7 Å². The molecular weight excluding hydrogens is 368 g/mol. The van der Waals surface area contributed by atoms with Gasteiger partial charge in [0.1, 0.15) is 18.1 Å². The summed E-state index contributed by atoms with van der Waals surface area (Å²) in [6.07, 6.45) is 2.82. The number of rotatable bonds is 5. The first-order valence-corrected chi connectivity index (χ1v) is 8.31. The number of nitrogens with one attached hydrogen (secondary N) is 1. The lowest BCUT2D eigenvalue weighted by atomic mass is 10.2. The van der Waals surface area contributed by atoms with Gasteiger partial charge >= 0.3 is 0 Å². The van der Waals surface area contributed by atoms with Gasteiger partial charge in [-0.2, -0.15) is 15.0 Å². The van der Waals surface area contributed by atoms with Crippen LogP contribution in [0.4, 0.5) is 0 Å². The zero-order valence-corrected chi connectivity index (χ0v) is 15.3. The van der Waals surface area contributed by atoms with E-state index in [1.54, 1.807) is 37.3 Å². The van der Waals surface area contributed by atoms with Crippen molar-refractivity contribution in [2.45, 2.75) is 13.0 Å². The maximum Gasteiger partial charge on any atom is 0.252 e. The summed E-state index contributed by atoms with van der Waals surface area (Å²) in [5.41, 5.74) is 0.811. The lowest BCUT2D eigenvalue weighted by molar-refractivity contribution is 0.0937. The van der Waals surface area contributed by atoms with Gasteiger partial charge in [0, 0.05) is 16.8 Å². The van der Waals surface area contributed by atoms with Gasteiger partial charge in [-0.25, -0.2) is 9.97 Å². The van der Waals surface area contributed by atoms with E-state index in [0.717, 1.165) is 0 Å². The van der Waals surface area contributed by atoms with Crippen molar-refractivity contribution < 1.29 is 9.53 Å². The van der Waals surface area contributed by atoms with Crippen molar-refractivity contribution in [3.63, 3.8) is 0 Å². The normalized spacial score (nSPS) is 11.5. The van der Waals surface area contributed by atoms with Crippen molar-refractivity contribution >= 4 is 17.5 Å². The zero-order valence-electron chi connectivity index (χ0n) is 14.5. The number of benzene rings is 1. The number of halogens is 1. The molecule has 27 heavy (non-hydrogen) atoms. The van der Waals surface area contributed by atoms with Crippen LogP contribution in [0, 0.1) is 11.3 Å². The largest absolute Gasteiger partial charge is 0.497 e. The van der Waals surface area contributed by atoms with Crippen LogP contribution in [0.5, 0.6) is 5.75 Å². The molecule has 1 atom stereocenters. The highest BCUT2D eigenvalue weighted by atomic mass is 35.5. The number of methoxy groups -OCH3 is 1. The number of aromatic nitrogens is 4. The van der Waals surface area contributed by atoms with Crippen LogP contribution in [0.25, 0.3) is 5.82 Å². The molecule has 1 N–H and O–H groups in total. The predicted molar refractivity (Wildman–Crippen MR) is 97.8 cm³/mol. The van der Waals surface area contributed by atoms with Crippen LogP contribution in [0.2, 0.25) is 5.02 Å². The van der Waals surface area contributed by atoms with E-state index >= 15 is 0 Å². The molecule has 0 saturated carbocycles. The number of nitriles is 1. The smallest absolute Gasteiger partial charge is 0.252 e. The van der Waals surface area contributed by atoms with Crippen LogP contribution in [0.1, 0.15) is 34.7 Å². The Kier molecular flexibility index (Phi) is 5.33. The summed E-state index contributed by atoms with van der Waals surface area (Å²) >= 11 is 6.02. The summed E-state index contributed by atoms with van der Waals surface area (Å²) in [4.78, 5) is 21.0. The summed E-state index contributed by atoms with van der Waals surface area (Å²) in [5, 5.41) is 16.3. The third-order valence-electron chi connectivity index (χ3n) is 3.77. The lowest BCUT2D eigenvalue weighted by Crippen LogP contribution is -2.28. The van der Waals surface area contributed by atoms with E-state index in [-0.39, 0.29) is 5.91 Å². The molecule has 0 fully saturated rings. The molecule has 0 aliphatic rings. The molecule has 3 aromatic rings. The molecule has 3 rings (SSSR count). The average Bonchev–Trinajstić information content (AvgIpc) is 3.17. The first-order chi connectivity index (χ1) is 13.0. The Morgan fingerprint density at radius 1 is 1.33 bits per heavy atom. The quantitative estimate of drug-likeness (QED) is 0.727. The number of carbonyl (C=O) groups excluding carboxylic acids is 1. The molecule has 2 aromatic heterocycles. The number of nitrogens with zero attached hydrogens (tertiary/aromatic N) is 5. The van der Waals surface area contributed by atoms with Crippen LogP contribution < -0.4 is 10.1 Å². The predicted octanol–water partition coefficient (Wildman–Crippen LogP) is 2.69. The van der Waals surface area contributed by atoms with Crippen molar-refractivity contribution in [3.05, 3.63) is 64.8 Å². The Labute approximate surface area is 160 Å². The molecule has 0 saturated heterocycles. The zero-order chi connectivity index (χ0) is 19.4. The van der Waals surface area contributed by atoms with Gasteiger partial charge < -0.3 is 10.1 Å². The van der Waals surface area contributed by atoms with Crippen molar-refractivity contribution in [1.29, 1.82) is 5.26 Å². The first kappa shape index (κ1) is 18.4. The summed E-state index contributed by atoms with van der Waals surface area (Å²) in [7, 11) is 1.50. The highest BCUT2D eigenvalue weighted by Gasteiger charge is 2.19. The van der Waals surface area contributed by atoms with Crippen molar-refractivity contribution in [3.8, 4) is 17.6 Å². The number of ether oxygens (including phenoxy) is 1. The molecule has 0 bridgehead atoms. The van der Waals surface area contributed by atoms with Crippen molar-refractivity contribution in [2.75, 3.05) is 7.11 Å². The minimum atomic E-state index is -0.456. The van der Waals surface area contributed by atoms with Crippen LogP contribution in [0.3, 0.4) is 0 Å². The van der Waals surface area contributed by atoms with Gasteiger partial charge in [0.2, 0.25) is 0 Å². The number of hydrogen-bond acceptors (Lipinski definition) is 6. The minimum absolute atomic E-state index is 0.328. The first-order valence-electron chi connectivity index (χ1n) is 7.93. The third-order valence-corrected chi connectivity index (χ3v) is 3.99. The summed E-state index contributed by atoms with van der Waals surface area (Å²) in [6.45, 7) is 1.78. The fourth-order valence-corrected chi connectivity index (χ4v) is 2.68. The molecular formula is C18H15ClN6O2. The van der Waals surface area contributed by atoms with E-state index in [2.05, 4.69) is 20.4 Å². The highest BCUT2D eigenvalue weighted by Crippen LogP contribution is 2.21.